The van der Waals surface area contributed by atoms with Gasteiger partial charge in [0.15, 0.2) is 0 Å². The van der Waals surface area contributed by atoms with Gasteiger partial charge in [0.2, 0.25) is 0 Å². The molecule has 0 heterocycles. The summed E-state index contributed by atoms with van der Waals surface area (Å²) in [5.74, 6) is -0.753. The Hall–Kier alpha value is -1.51. The normalized spacial score (nSPS) is 12.4. The summed E-state index contributed by atoms with van der Waals surface area (Å²) in [5, 5.41) is 18.4. The van der Waals surface area contributed by atoms with Crippen LogP contribution < -0.4 is 0 Å². The molecule has 88 valence electrons. The Morgan fingerprint density at radius 2 is 1.81 bits per heavy atom. The van der Waals surface area contributed by atoms with Gasteiger partial charge in [-0.05, 0) is 43.4 Å². The van der Waals surface area contributed by atoms with E-state index in [0.29, 0.717) is 12.2 Å². The van der Waals surface area contributed by atoms with Crippen LogP contribution in [-0.4, -0.2) is 16.2 Å². The van der Waals surface area contributed by atoms with Gasteiger partial charge < -0.3 is 10.2 Å². The molecule has 1 atom stereocenters. The van der Waals surface area contributed by atoms with Crippen LogP contribution in [-0.2, 0) is 11.2 Å². The molecule has 3 heteroatoms. The standard InChI is InChI=1S/C13H18O3/c1-8(13(15)16)4-5-11-6-9(2)12(14)10(3)7-11/h6-8,14H,4-5H2,1-3H3,(H,15,16). The fraction of sp³-hybridized carbons (Fsp3) is 0.462. The monoisotopic (exact) mass is 222 g/mol. The summed E-state index contributed by atoms with van der Waals surface area (Å²) in [6.07, 6.45) is 1.36. The number of aliphatic carboxylic acids is 1. The lowest BCUT2D eigenvalue weighted by Crippen LogP contribution is -2.10. The molecular formula is C13H18O3. The third-order valence-electron chi connectivity index (χ3n) is 2.84. The Balaban J connectivity index is 2.72. The first-order chi connectivity index (χ1) is 7.41. The highest BCUT2D eigenvalue weighted by Crippen LogP contribution is 2.24. The fourth-order valence-corrected chi connectivity index (χ4v) is 1.70. The number of phenols is 1. The molecule has 0 saturated carbocycles. The Labute approximate surface area is 95.7 Å². The second-order valence-electron chi connectivity index (χ2n) is 4.36. The third-order valence-corrected chi connectivity index (χ3v) is 2.84. The topological polar surface area (TPSA) is 57.5 Å². The number of benzene rings is 1. The van der Waals surface area contributed by atoms with E-state index >= 15 is 0 Å². The second-order valence-corrected chi connectivity index (χ2v) is 4.36. The average Bonchev–Trinajstić information content (AvgIpc) is 2.22. The molecule has 0 aliphatic carbocycles. The van der Waals surface area contributed by atoms with E-state index in [1.807, 2.05) is 26.0 Å². The molecule has 0 saturated heterocycles. The quantitative estimate of drug-likeness (QED) is 0.823. The summed E-state index contributed by atoms with van der Waals surface area (Å²) in [4.78, 5) is 10.7. The zero-order valence-electron chi connectivity index (χ0n) is 9.95. The third kappa shape index (κ3) is 2.99. The highest BCUT2D eigenvalue weighted by atomic mass is 16.4. The lowest BCUT2D eigenvalue weighted by atomic mass is 9.98. The Morgan fingerprint density at radius 1 is 1.31 bits per heavy atom. The number of rotatable bonds is 4. The molecule has 1 rings (SSSR count). The zero-order chi connectivity index (χ0) is 12.3. The summed E-state index contributed by atoms with van der Waals surface area (Å²) < 4.78 is 0. The Bertz CT molecular complexity index is 373. The van der Waals surface area contributed by atoms with Crippen LogP contribution in [0.15, 0.2) is 12.1 Å². The van der Waals surface area contributed by atoms with Gasteiger partial charge >= 0.3 is 5.97 Å². The van der Waals surface area contributed by atoms with Crippen LogP contribution in [0, 0.1) is 19.8 Å². The van der Waals surface area contributed by atoms with E-state index in [0.717, 1.165) is 23.1 Å². The molecule has 0 bridgehead atoms. The van der Waals surface area contributed by atoms with Crippen molar-refractivity contribution < 1.29 is 15.0 Å². The number of aryl methyl sites for hydroxylation is 3. The SMILES string of the molecule is Cc1cc(CCC(C)C(=O)O)cc(C)c1O. The van der Waals surface area contributed by atoms with Gasteiger partial charge in [-0.2, -0.15) is 0 Å². The van der Waals surface area contributed by atoms with Crippen LogP contribution in [0.3, 0.4) is 0 Å². The van der Waals surface area contributed by atoms with Gasteiger partial charge in [-0.1, -0.05) is 19.1 Å². The molecule has 1 aromatic carbocycles. The number of hydrogen-bond acceptors (Lipinski definition) is 2. The summed E-state index contributed by atoms with van der Waals surface area (Å²) in [6.45, 7) is 5.42. The predicted molar refractivity (Wildman–Crippen MR) is 62.7 cm³/mol. The average molecular weight is 222 g/mol. The van der Waals surface area contributed by atoms with Crippen LogP contribution in [0.2, 0.25) is 0 Å². The molecule has 16 heavy (non-hydrogen) atoms. The minimum atomic E-state index is -0.757. The molecule has 3 nitrogen and oxygen atoms in total. The van der Waals surface area contributed by atoms with Crippen molar-refractivity contribution in [2.24, 2.45) is 5.92 Å². The first-order valence-electron chi connectivity index (χ1n) is 5.43. The maximum absolute atomic E-state index is 10.7. The molecule has 0 aliphatic heterocycles. The van der Waals surface area contributed by atoms with Gasteiger partial charge in [-0.3, -0.25) is 4.79 Å². The molecule has 0 fully saturated rings. The molecule has 0 radical (unpaired) electrons. The Morgan fingerprint density at radius 3 is 2.25 bits per heavy atom. The van der Waals surface area contributed by atoms with Crippen molar-refractivity contribution in [3.05, 3.63) is 28.8 Å². The van der Waals surface area contributed by atoms with E-state index < -0.39 is 5.97 Å². The molecule has 1 unspecified atom stereocenters. The van der Waals surface area contributed by atoms with Gasteiger partial charge in [0.05, 0.1) is 5.92 Å². The lowest BCUT2D eigenvalue weighted by Gasteiger charge is -2.09. The Kier molecular flexibility index (Phi) is 3.93. The molecule has 0 spiro atoms. The highest BCUT2D eigenvalue weighted by molar-refractivity contribution is 5.69. The van der Waals surface area contributed by atoms with E-state index in [9.17, 15) is 9.90 Å². The molecule has 1 aromatic rings. The minimum Gasteiger partial charge on any atom is -0.507 e. The van der Waals surface area contributed by atoms with Crippen LogP contribution in [0.5, 0.6) is 5.75 Å². The molecule has 0 amide bonds. The maximum Gasteiger partial charge on any atom is 0.306 e. The summed E-state index contributed by atoms with van der Waals surface area (Å²) in [7, 11) is 0. The first kappa shape index (κ1) is 12.6. The number of aromatic hydroxyl groups is 1. The fourth-order valence-electron chi connectivity index (χ4n) is 1.70. The van der Waals surface area contributed by atoms with E-state index in [1.54, 1.807) is 6.92 Å². The number of phenolic OH excluding ortho intramolecular Hbond substituents is 1. The van der Waals surface area contributed by atoms with E-state index in [1.165, 1.54) is 0 Å². The summed E-state index contributed by atoms with van der Waals surface area (Å²) in [5.41, 5.74) is 2.77. The maximum atomic E-state index is 10.7. The number of carboxylic acids is 1. The second kappa shape index (κ2) is 5.01. The smallest absolute Gasteiger partial charge is 0.306 e. The van der Waals surface area contributed by atoms with Crippen molar-refractivity contribution in [1.82, 2.24) is 0 Å². The van der Waals surface area contributed by atoms with Crippen LogP contribution in [0.25, 0.3) is 0 Å². The molecule has 0 aliphatic rings. The summed E-state index contributed by atoms with van der Waals surface area (Å²) in [6, 6.07) is 3.83. The summed E-state index contributed by atoms with van der Waals surface area (Å²) >= 11 is 0. The van der Waals surface area contributed by atoms with Gasteiger partial charge in [-0.25, -0.2) is 0 Å². The van der Waals surface area contributed by atoms with E-state index in [-0.39, 0.29) is 5.92 Å². The number of carbonyl (C=O) groups is 1. The van der Waals surface area contributed by atoms with E-state index in [4.69, 9.17) is 5.11 Å². The van der Waals surface area contributed by atoms with Crippen molar-refractivity contribution in [3.63, 3.8) is 0 Å². The van der Waals surface area contributed by atoms with Gasteiger partial charge in [0.25, 0.3) is 0 Å². The van der Waals surface area contributed by atoms with Crippen LogP contribution in [0.1, 0.15) is 30.0 Å². The highest BCUT2D eigenvalue weighted by Gasteiger charge is 2.11. The molecule has 0 aromatic heterocycles. The van der Waals surface area contributed by atoms with E-state index in [2.05, 4.69) is 0 Å². The van der Waals surface area contributed by atoms with Crippen molar-refractivity contribution in [2.75, 3.05) is 0 Å². The van der Waals surface area contributed by atoms with Gasteiger partial charge in [0.1, 0.15) is 5.75 Å². The lowest BCUT2D eigenvalue weighted by molar-refractivity contribution is -0.141. The number of hydrogen-bond donors (Lipinski definition) is 2. The van der Waals surface area contributed by atoms with Crippen molar-refractivity contribution >= 4 is 5.97 Å². The largest absolute Gasteiger partial charge is 0.507 e. The van der Waals surface area contributed by atoms with Crippen LogP contribution in [0.4, 0.5) is 0 Å². The van der Waals surface area contributed by atoms with Gasteiger partial charge in [0, 0.05) is 0 Å². The predicted octanol–water partition coefficient (Wildman–Crippen LogP) is 2.66. The zero-order valence-corrected chi connectivity index (χ0v) is 9.95. The molecule has 2 N–H and O–H groups in total. The van der Waals surface area contributed by atoms with Gasteiger partial charge in [-0.15, -0.1) is 0 Å². The van der Waals surface area contributed by atoms with Crippen molar-refractivity contribution in [3.8, 4) is 5.75 Å². The van der Waals surface area contributed by atoms with Crippen molar-refractivity contribution in [2.45, 2.75) is 33.6 Å². The number of carboxylic acid groups (broad SMARTS) is 1. The van der Waals surface area contributed by atoms with Crippen molar-refractivity contribution in [1.29, 1.82) is 0 Å². The minimum absolute atomic E-state index is 0.325. The van der Waals surface area contributed by atoms with Crippen LogP contribution >= 0.6 is 0 Å². The first-order valence-corrected chi connectivity index (χ1v) is 5.43. The molecular weight excluding hydrogens is 204 g/mol.